The van der Waals surface area contributed by atoms with Crippen molar-refractivity contribution in [1.29, 1.82) is 0 Å². The van der Waals surface area contributed by atoms with Crippen LogP contribution in [0, 0.1) is 0 Å². The lowest BCUT2D eigenvalue weighted by Crippen LogP contribution is -2.48. The molecule has 2 N–H and O–H groups in total. The lowest BCUT2D eigenvalue weighted by Gasteiger charge is -2.37. The Balaban J connectivity index is 1.54. The molecule has 8 heteroatoms. The maximum absolute atomic E-state index is 11.8. The molecule has 0 atom stereocenters. The number of para-hydroxylation sites is 2. The number of hydrogen-bond donors (Lipinski definition) is 2. The average molecular weight is 399 g/mol. The fourth-order valence-corrected chi connectivity index (χ4v) is 3.88. The third-order valence-corrected chi connectivity index (χ3v) is 5.66. The number of pyridine rings is 1. The zero-order valence-electron chi connectivity index (χ0n) is 15.9. The van der Waals surface area contributed by atoms with E-state index in [0.29, 0.717) is 5.02 Å². The molecular weight excluding hydrogens is 376 g/mol. The number of amides is 2. The van der Waals surface area contributed by atoms with Gasteiger partial charge >= 0.3 is 6.03 Å². The number of carbonyl (C=O) groups excluding carboxylic acids is 1. The van der Waals surface area contributed by atoms with Crippen LogP contribution in [0.5, 0.6) is 0 Å². The summed E-state index contributed by atoms with van der Waals surface area (Å²) in [6.07, 6.45) is 3.48. The number of fused-ring (bicyclic) bond motifs is 1. The molecule has 0 spiro atoms. The van der Waals surface area contributed by atoms with Gasteiger partial charge in [-0.1, -0.05) is 23.7 Å². The Morgan fingerprint density at radius 3 is 2.79 bits per heavy atom. The van der Waals surface area contributed by atoms with Crippen LogP contribution >= 0.6 is 11.6 Å². The normalized spacial score (nSPS) is 15.0. The molecule has 0 radical (unpaired) electrons. The lowest BCUT2D eigenvalue weighted by atomic mass is 10.0. The lowest BCUT2D eigenvalue weighted by molar-refractivity contribution is 0.182. The van der Waals surface area contributed by atoms with Crippen molar-refractivity contribution in [2.24, 2.45) is 0 Å². The number of halogens is 1. The molecule has 0 aliphatic carbocycles. The molecule has 1 fully saturated rings. The predicted molar refractivity (Wildman–Crippen MR) is 112 cm³/mol. The largest absolute Gasteiger partial charge is 0.356 e. The van der Waals surface area contributed by atoms with Crippen LogP contribution in [0.2, 0.25) is 5.02 Å². The van der Waals surface area contributed by atoms with E-state index in [1.807, 2.05) is 37.4 Å². The Kier molecular flexibility index (Phi) is 5.09. The van der Waals surface area contributed by atoms with Gasteiger partial charge in [0.2, 0.25) is 0 Å². The third-order valence-electron chi connectivity index (χ3n) is 5.36. The Morgan fingerprint density at radius 1 is 1.32 bits per heavy atom. The number of piperidine rings is 1. The van der Waals surface area contributed by atoms with Crippen molar-refractivity contribution >= 4 is 34.5 Å². The molecule has 2 amide bonds. The minimum Gasteiger partial charge on any atom is -0.356 e. The molecule has 3 aromatic rings. The molecule has 0 unspecified atom stereocenters. The number of nitrogens with one attached hydrogen (secondary N) is 2. The van der Waals surface area contributed by atoms with Gasteiger partial charge in [0.1, 0.15) is 11.6 Å². The standard InChI is InChI=1S/C20H23ClN6O/c1-22-20(28)26(2)13-7-9-27(10-8-13)18-11-14(15(21)12-23-18)19-24-16-5-3-4-6-17(16)25-19/h3-6,11-13H,7-10H2,1-2H3,(H,22,28)(H,24,25). The molecular formula is C20H23ClN6O. The predicted octanol–water partition coefficient (Wildman–Crippen LogP) is 3.52. The molecule has 2 aromatic heterocycles. The molecule has 3 heterocycles. The van der Waals surface area contributed by atoms with E-state index in [1.54, 1.807) is 18.1 Å². The van der Waals surface area contributed by atoms with Gasteiger partial charge in [0.15, 0.2) is 0 Å². The van der Waals surface area contributed by atoms with Gasteiger partial charge in [-0.25, -0.2) is 14.8 Å². The fraction of sp³-hybridized carbons (Fsp3) is 0.350. The van der Waals surface area contributed by atoms with E-state index in [-0.39, 0.29) is 12.1 Å². The second-order valence-electron chi connectivity index (χ2n) is 7.01. The number of benzene rings is 1. The zero-order chi connectivity index (χ0) is 19.7. The summed E-state index contributed by atoms with van der Waals surface area (Å²) in [5.74, 6) is 1.62. The summed E-state index contributed by atoms with van der Waals surface area (Å²) < 4.78 is 0. The number of imidazole rings is 1. The minimum absolute atomic E-state index is 0.0461. The molecule has 1 aromatic carbocycles. The average Bonchev–Trinajstić information content (AvgIpc) is 3.17. The molecule has 4 rings (SSSR count). The Hall–Kier alpha value is -2.80. The van der Waals surface area contributed by atoms with Crippen molar-refractivity contribution in [3.63, 3.8) is 0 Å². The number of rotatable bonds is 3. The minimum atomic E-state index is -0.0461. The van der Waals surface area contributed by atoms with E-state index >= 15 is 0 Å². The van der Waals surface area contributed by atoms with Crippen molar-refractivity contribution in [3.05, 3.63) is 41.6 Å². The number of anilines is 1. The van der Waals surface area contributed by atoms with Crippen LogP contribution < -0.4 is 10.2 Å². The van der Waals surface area contributed by atoms with Crippen LogP contribution in [0.3, 0.4) is 0 Å². The highest BCUT2D eigenvalue weighted by molar-refractivity contribution is 6.33. The van der Waals surface area contributed by atoms with E-state index in [0.717, 1.165) is 54.2 Å². The Bertz CT molecular complexity index is 962. The van der Waals surface area contributed by atoms with E-state index < -0.39 is 0 Å². The first-order chi connectivity index (χ1) is 13.6. The molecule has 28 heavy (non-hydrogen) atoms. The fourth-order valence-electron chi connectivity index (χ4n) is 3.69. The number of urea groups is 1. The molecule has 7 nitrogen and oxygen atoms in total. The van der Waals surface area contributed by atoms with Crippen molar-refractivity contribution in [2.45, 2.75) is 18.9 Å². The van der Waals surface area contributed by atoms with Crippen LogP contribution in [-0.2, 0) is 0 Å². The number of hydrogen-bond acceptors (Lipinski definition) is 4. The number of aromatic amines is 1. The smallest absolute Gasteiger partial charge is 0.317 e. The second-order valence-corrected chi connectivity index (χ2v) is 7.42. The van der Waals surface area contributed by atoms with Gasteiger partial charge in [-0.3, -0.25) is 0 Å². The van der Waals surface area contributed by atoms with Crippen LogP contribution in [0.1, 0.15) is 12.8 Å². The zero-order valence-corrected chi connectivity index (χ0v) is 16.7. The summed E-state index contributed by atoms with van der Waals surface area (Å²) in [7, 11) is 3.50. The third kappa shape index (κ3) is 3.49. The summed E-state index contributed by atoms with van der Waals surface area (Å²) in [5.41, 5.74) is 2.72. The molecule has 0 bridgehead atoms. The van der Waals surface area contributed by atoms with Gasteiger partial charge in [0.05, 0.1) is 16.1 Å². The van der Waals surface area contributed by atoms with Gasteiger partial charge in [-0.15, -0.1) is 0 Å². The van der Waals surface area contributed by atoms with Gasteiger partial charge in [0, 0.05) is 45.0 Å². The Labute approximate surface area is 168 Å². The van der Waals surface area contributed by atoms with Crippen LogP contribution in [0.15, 0.2) is 36.5 Å². The summed E-state index contributed by atoms with van der Waals surface area (Å²) in [5, 5.41) is 3.25. The van der Waals surface area contributed by atoms with Crippen LogP contribution in [0.4, 0.5) is 10.6 Å². The highest BCUT2D eigenvalue weighted by atomic mass is 35.5. The van der Waals surface area contributed by atoms with E-state index in [4.69, 9.17) is 11.6 Å². The number of nitrogens with zero attached hydrogens (tertiary/aromatic N) is 4. The van der Waals surface area contributed by atoms with Gasteiger partial charge in [-0.2, -0.15) is 0 Å². The Morgan fingerprint density at radius 2 is 2.07 bits per heavy atom. The van der Waals surface area contributed by atoms with Crippen LogP contribution in [0.25, 0.3) is 22.4 Å². The quantitative estimate of drug-likeness (QED) is 0.707. The van der Waals surface area contributed by atoms with Crippen molar-refractivity contribution in [2.75, 3.05) is 32.1 Å². The topological polar surface area (TPSA) is 77.2 Å². The van der Waals surface area contributed by atoms with Gasteiger partial charge < -0.3 is 20.1 Å². The second kappa shape index (κ2) is 7.67. The van der Waals surface area contributed by atoms with Crippen LogP contribution in [-0.4, -0.2) is 59.1 Å². The summed E-state index contributed by atoms with van der Waals surface area (Å²) in [6, 6.07) is 10.1. The first-order valence-electron chi connectivity index (χ1n) is 9.37. The van der Waals surface area contributed by atoms with Crippen molar-refractivity contribution in [3.8, 4) is 11.4 Å². The van der Waals surface area contributed by atoms with E-state index in [1.165, 1.54) is 0 Å². The molecule has 146 valence electrons. The number of aromatic nitrogens is 3. The van der Waals surface area contributed by atoms with E-state index in [9.17, 15) is 4.79 Å². The molecule has 1 aliphatic heterocycles. The van der Waals surface area contributed by atoms with Crippen molar-refractivity contribution in [1.82, 2.24) is 25.2 Å². The van der Waals surface area contributed by atoms with Gasteiger partial charge in [0.25, 0.3) is 0 Å². The van der Waals surface area contributed by atoms with Gasteiger partial charge in [-0.05, 0) is 31.0 Å². The highest BCUT2D eigenvalue weighted by Gasteiger charge is 2.26. The first kappa shape index (κ1) is 18.6. The monoisotopic (exact) mass is 398 g/mol. The van der Waals surface area contributed by atoms with Crippen molar-refractivity contribution < 1.29 is 4.79 Å². The highest BCUT2D eigenvalue weighted by Crippen LogP contribution is 2.31. The molecule has 1 aliphatic rings. The molecule has 0 saturated carbocycles. The summed E-state index contributed by atoms with van der Waals surface area (Å²) in [6.45, 7) is 1.67. The summed E-state index contributed by atoms with van der Waals surface area (Å²) >= 11 is 6.42. The summed E-state index contributed by atoms with van der Waals surface area (Å²) in [4.78, 5) is 28.4. The van der Waals surface area contributed by atoms with E-state index in [2.05, 4.69) is 25.2 Å². The molecule has 1 saturated heterocycles. The number of carbonyl (C=O) groups is 1. The first-order valence-corrected chi connectivity index (χ1v) is 9.75. The number of H-pyrrole nitrogens is 1. The maximum Gasteiger partial charge on any atom is 0.317 e. The SMILES string of the molecule is CNC(=O)N(C)C1CCN(c2cc(-c3nc4ccccc4[nH]3)c(Cl)cn2)CC1. The maximum atomic E-state index is 11.8.